The molecule has 0 atom stereocenters. The first kappa shape index (κ1) is 11.4. The summed E-state index contributed by atoms with van der Waals surface area (Å²) in [4.78, 5) is 14.2. The number of aromatic nitrogens is 1. The number of rotatable bonds is 3. The lowest BCUT2D eigenvalue weighted by molar-refractivity contribution is -0.136. The van der Waals surface area contributed by atoms with E-state index in [1.54, 1.807) is 6.92 Å². The molecule has 0 radical (unpaired) electrons. The van der Waals surface area contributed by atoms with E-state index in [2.05, 4.69) is 4.98 Å². The van der Waals surface area contributed by atoms with Crippen molar-refractivity contribution in [2.24, 2.45) is 0 Å². The molecule has 0 bridgehead atoms. The van der Waals surface area contributed by atoms with E-state index in [4.69, 9.17) is 10.8 Å². The van der Waals surface area contributed by atoms with Gasteiger partial charge in [-0.2, -0.15) is 0 Å². The average molecular weight is 216 g/mol. The van der Waals surface area contributed by atoms with Gasteiger partial charge in [0.05, 0.1) is 17.7 Å². The zero-order valence-corrected chi connectivity index (χ0v) is 8.00. The minimum atomic E-state index is -2.81. The first-order valence-electron chi connectivity index (χ1n) is 4.17. The number of nitrogen functional groups attached to an aromatic ring is 1. The minimum absolute atomic E-state index is 0.117. The molecule has 1 rings (SSSR count). The van der Waals surface area contributed by atoms with E-state index in [1.807, 2.05) is 0 Å². The average Bonchev–Trinajstić information content (AvgIpc) is 1.99. The molecular formula is C9H10F2N2O2. The molecule has 1 aromatic heterocycles. The quantitative estimate of drug-likeness (QED) is 0.803. The van der Waals surface area contributed by atoms with Crippen molar-refractivity contribution >= 4 is 11.7 Å². The topological polar surface area (TPSA) is 76.2 Å². The summed E-state index contributed by atoms with van der Waals surface area (Å²) in [7, 11) is 0. The van der Waals surface area contributed by atoms with Gasteiger partial charge in [-0.25, -0.2) is 8.78 Å². The van der Waals surface area contributed by atoms with E-state index < -0.39 is 24.4 Å². The number of aryl methyl sites for hydroxylation is 1. The molecule has 0 fully saturated rings. The molecule has 0 aliphatic rings. The minimum Gasteiger partial charge on any atom is -0.481 e. The van der Waals surface area contributed by atoms with Gasteiger partial charge in [0.15, 0.2) is 0 Å². The molecule has 1 heterocycles. The molecule has 0 aliphatic heterocycles. The largest absolute Gasteiger partial charge is 0.481 e. The number of nitrogens with two attached hydrogens (primary N) is 1. The molecule has 82 valence electrons. The maximum absolute atomic E-state index is 12.6. The van der Waals surface area contributed by atoms with Crippen LogP contribution in [0.25, 0.3) is 0 Å². The van der Waals surface area contributed by atoms with Crippen LogP contribution < -0.4 is 5.73 Å². The van der Waals surface area contributed by atoms with Gasteiger partial charge in [-0.3, -0.25) is 9.78 Å². The number of aliphatic carboxylic acids is 1. The van der Waals surface area contributed by atoms with E-state index in [1.165, 1.54) is 6.07 Å². The molecule has 0 unspecified atom stereocenters. The summed E-state index contributed by atoms with van der Waals surface area (Å²) in [6.45, 7) is 1.57. The Hall–Kier alpha value is -1.72. The van der Waals surface area contributed by atoms with Crippen molar-refractivity contribution in [3.63, 3.8) is 0 Å². The Bertz CT molecular complexity index is 394. The third-order valence-corrected chi connectivity index (χ3v) is 1.83. The summed E-state index contributed by atoms with van der Waals surface area (Å²) in [6, 6.07) is 1.30. The molecular weight excluding hydrogens is 206 g/mol. The van der Waals surface area contributed by atoms with Crippen LogP contribution in [0.3, 0.4) is 0 Å². The van der Waals surface area contributed by atoms with Gasteiger partial charge in [-0.05, 0) is 13.0 Å². The van der Waals surface area contributed by atoms with Crippen molar-refractivity contribution < 1.29 is 18.7 Å². The molecule has 0 saturated heterocycles. The second-order valence-electron chi connectivity index (χ2n) is 3.08. The number of carbonyl (C=O) groups is 1. The highest BCUT2D eigenvalue weighted by atomic mass is 19.3. The highest BCUT2D eigenvalue weighted by Gasteiger charge is 2.20. The molecule has 0 aliphatic carbocycles. The van der Waals surface area contributed by atoms with Crippen molar-refractivity contribution in [3.05, 3.63) is 23.0 Å². The number of carboxylic acid groups (broad SMARTS) is 1. The van der Waals surface area contributed by atoms with Crippen molar-refractivity contribution in [2.45, 2.75) is 19.8 Å². The molecule has 3 N–H and O–H groups in total. The molecule has 15 heavy (non-hydrogen) atoms. The summed E-state index contributed by atoms with van der Waals surface area (Å²) in [6.07, 6.45) is -3.36. The van der Waals surface area contributed by atoms with E-state index in [0.717, 1.165) is 0 Å². The van der Waals surface area contributed by atoms with Crippen molar-refractivity contribution in [3.8, 4) is 0 Å². The number of hydrogen-bond donors (Lipinski definition) is 2. The predicted molar refractivity (Wildman–Crippen MR) is 49.7 cm³/mol. The predicted octanol–water partition coefficient (Wildman–Crippen LogP) is 1.54. The number of alkyl halides is 2. The first-order chi connectivity index (χ1) is 6.91. The summed E-state index contributed by atoms with van der Waals surface area (Å²) >= 11 is 0. The van der Waals surface area contributed by atoms with E-state index in [9.17, 15) is 13.6 Å². The Morgan fingerprint density at radius 2 is 2.27 bits per heavy atom. The van der Waals surface area contributed by atoms with Gasteiger partial charge < -0.3 is 10.8 Å². The maximum atomic E-state index is 12.6. The number of hydrogen-bond acceptors (Lipinski definition) is 3. The van der Waals surface area contributed by atoms with Gasteiger partial charge in [-0.15, -0.1) is 0 Å². The third-order valence-electron chi connectivity index (χ3n) is 1.83. The van der Waals surface area contributed by atoms with Gasteiger partial charge in [-0.1, -0.05) is 0 Å². The van der Waals surface area contributed by atoms with Crippen molar-refractivity contribution in [1.29, 1.82) is 0 Å². The van der Waals surface area contributed by atoms with Crippen LogP contribution in [0, 0.1) is 6.92 Å². The summed E-state index contributed by atoms with van der Waals surface area (Å²) in [5.74, 6) is -1.21. The van der Waals surface area contributed by atoms with Crippen LogP contribution in [0.5, 0.6) is 0 Å². The molecule has 6 heteroatoms. The summed E-state index contributed by atoms with van der Waals surface area (Å²) in [5.41, 5.74) is 5.04. The molecule has 0 amide bonds. The van der Waals surface area contributed by atoms with E-state index in [-0.39, 0.29) is 11.4 Å². The van der Waals surface area contributed by atoms with E-state index in [0.29, 0.717) is 5.69 Å². The lowest BCUT2D eigenvalue weighted by Crippen LogP contribution is -2.10. The fourth-order valence-corrected chi connectivity index (χ4v) is 1.30. The van der Waals surface area contributed by atoms with Crippen LogP contribution in [0.2, 0.25) is 0 Å². The molecule has 1 aromatic rings. The third kappa shape index (κ3) is 2.61. The summed E-state index contributed by atoms with van der Waals surface area (Å²) < 4.78 is 25.1. The molecule has 0 aromatic carbocycles. The number of anilines is 1. The Labute approximate surface area is 84.7 Å². The van der Waals surface area contributed by atoms with Crippen molar-refractivity contribution in [2.75, 3.05) is 5.73 Å². The molecule has 4 nitrogen and oxygen atoms in total. The van der Waals surface area contributed by atoms with Gasteiger partial charge >= 0.3 is 5.97 Å². The maximum Gasteiger partial charge on any atom is 0.309 e. The lowest BCUT2D eigenvalue weighted by atomic mass is 10.1. The monoisotopic (exact) mass is 216 g/mol. The number of nitrogens with zero attached hydrogens (tertiary/aromatic N) is 1. The van der Waals surface area contributed by atoms with Crippen LogP contribution >= 0.6 is 0 Å². The van der Waals surface area contributed by atoms with Gasteiger partial charge in [0, 0.05) is 11.4 Å². The molecule has 0 saturated carbocycles. The van der Waals surface area contributed by atoms with E-state index >= 15 is 0 Å². The lowest BCUT2D eigenvalue weighted by Gasteiger charge is -2.10. The Morgan fingerprint density at radius 1 is 1.67 bits per heavy atom. The second-order valence-corrected chi connectivity index (χ2v) is 3.08. The van der Waals surface area contributed by atoms with Crippen LogP contribution in [0.1, 0.15) is 23.4 Å². The molecule has 0 spiro atoms. The van der Waals surface area contributed by atoms with Crippen molar-refractivity contribution in [1.82, 2.24) is 4.98 Å². The SMILES string of the molecule is Cc1cc(N)c(C(F)F)c(CC(=O)O)n1. The highest BCUT2D eigenvalue weighted by molar-refractivity contribution is 5.71. The van der Waals surface area contributed by atoms with Crippen LogP contribution in [-0.4, -0.2) is 16.1 Å². The number of pyridine rings is 1. The Balaban J connectivity index is 3.26. The Morgan fingerprint density at radius 3 is 2.73 bits per heavy atom. The van der Waals surface area contributed by atoms with Gasteiger partial charge in [0.2, 0.25) is 0 Å². The highest BCUT2D eigenvalue weighted by Crippen LogP contribution is 2.28. The zero-order valence-electron chi connectivity index (χ0n) is 8.00. The van der Waals surface area contributed by atoms with Crippen LogP contribution in [0.15, 0.2) is 6.07 Å². The Kier molecular flexibility index (Phi) is 3.18. The number of halogens is 2. The number of carboxylic acids is 1. The van der Waals surface area contributed by atoms with Gasteiger partial charge in [0.25, 0.3) is 6.43 Å². The zero-order chi connectivity index (χ0) is 11.6. The fourth-order valence-electron chi connectivity index (χ4n) is 1.30. The van der Waals surface area contributed by atoms with Crippen LogP contribution in [0.4, 0.5) is 14.5 Å². The normalized spacial score (nSPS) is 10.7. The summed E-state index contributed by atoms with van der Waals surface area (Å²) in [5, 5.41) is 8.53. The first-order valence-corrected chi connectivity index (χ1v) is 4.17. The smallest absolute Gasteiger partial charge is 0.309 e. The van der Waals surface area contributed by atoms with Gasteiger partial charge in [0.1, 0.15) is 0 Å². The van der Waals surface area contributed by atoms with Crippen LogP contribution in [-0.2, 0) is 11.2 Å². The standard InChI is InChI=1S/C9H10F2N2O2/c1-4-2-5(12)8(9(10)11)6(13-4)3-7(14)15/h2,9H,3H2,1H3,(H2,12,13)(H,14,15). The fraction of sp³-hybridized carbons (Fsp3) is 0.333. The second kappa shape index (κ2) is 4.20.